The molecule has 0 radical (unpaired) electrons. The molecule has 6 heteroatoms. The zero-order chi connectivity index (χ0) is 23.2. The van der Waals surface area contributed by atoms with Gasteiger partial charge < -0.3 is 5.32 Å². The molecule has 0 bridgehead atoms. The van der Waals surface area contributed by atoms with Crippen molar-refractivity contribution in [1.82, 2.24) is 9.55 Å². The summed E-state index contributed by atoms with van der Waals surface area (Å²) in [5.41, 5.74) is 3.06. The summed E-state index contributed by atoms with van der Waals surface area (Å²) in [6.45, 7) is 2.41. The largest absolute Gasteiger partial charge is 0.326 e. The Balaban J connectivity index is 1.61. The zero-order valence-corrected chi connectivity index (χ0v) is 19.3. The fourth-order valence-corrected chi connectivity index (χ4v) is 4.04. The van der Waals surface area contributed by atoms with Crippen LogP contribution in [-0.4, -0.2) is 15.5 Å². The molecule has 1 heterocycles. The molecule has 0 fully saturated rings. The summed E-state index contributed by atoms with van der Waals surface area (Å²) in [6, 6.07) is 22.7. The molecule has 0 atom stereocenters. The number of rotatable bonds is 8. The number of fused-ring (bicyclic) bond motifs is 1. The topological polar surface area (TPSA) is 64.0 Å². The molecule has 1 aromatic heterocycles. The maximum atomic E-state index is 13.5. The lowest BCUT2D eigenvalue weighted by Crippen LogP contribution is -2.26. The summed E-state index contributed by atoms with van der Waals surface area (Å²) >= 11 is 6.35. The van der Waals surface area contributed by atoms with Crippen molar-refractivity contribution in [3.05, 3.63) is 105 Å². The number of amides is 1. The fraction of sp³-hybridized carbons (Fsp3) is 0.222. The average Bonchev–Trinajstić information content (AvgIpc) is 2.82. The Morgan fingerprint density at radius 2 is 1.76 bits per heavy atom. The second kappa shape index (κ2) is 10.5. The fourth-order valence-electron chi connectivity index (χ4n) is 3.85. The SMILES string of the molecule is CCCc1nc2ccc(NC(=O)CCc3ccccc3)cc2c(=O)n1Cc1ccccc1Cl. The van der Waals surface area contributed by atoms with E-state index in [2.05, 4.69) is 12.2 Å². The molecule has 0 unspecified atom stereocenters. The maximum absolute atomic E-state index is 13.5. The van der Waals surface area contributed by atoms with Crippen molar-refractivity contribution in [2.24, 2.45) is 0 Å². The Bertz CT molecular complexity index is 1330. The predicted octanol–water partition coefficient (Wildman–Crippen LogP) is 5.62. The molecule has 0 aliphatic heterocycles. The van der Waals surface area contributed by atoms with E-state index in [0.29, 0.717) is 47.4 Å². The van der Waals surface area contributed by atoms with Crippen LogP contribution in [-0.2, 0) is 24.2 Å². The van der Waals surface area contributed by atoms with E-state index in [1.165, 1.54) is 0 Å². The first-order valence-electron chi connectivity index (χ1n) is 11.2. The van der Waals surface area contributed by atoms with Gasteiger partial charge in [0.05, 0.1) is 17.4 Å². The van der Waals surface area contributed by atoms with Crippen molar-refractivity contribution in [3.63, 3.8) is 0 Å². The quantitative estimate of drug-likeness (QED) is 0.372. The molecule has 1 N–H and O–H groups in total. The first-order valence-corrected chi connectivity index (χ1v) is 11.5. The second-order valence-corrected chi connectivity index (χ2v) is 8.43. The van der Waals surface area contributed by atoms with E-state index in [9.17, 15) is 9.59 Å². The lowest BCUT2D eigenvalue weighted by atomic mass is 10.1. The van der Waals surface area contributed by atoms with Gasteiger partial charge in [0, 0.05) is 23.6 Å². The molecule has 5 nitrogen and oxygen atoms in total. The van der Waals surface area contributed by atoms with Crippen LogP contribution in [0, 0.1) is 0 Å². The van der Waals surface area contributed by atoms with Crippen LogP contribution < -0.4 is 10.9 Å². The number of benzene rings is 3. The van der Waals surface area contributed by atoms with Gasteiger partial charge in [-0.3, -0.25) is 14.2 Å². The van der Waals surface area contributed by atoms with Crippen LogP contribution in [0.2, 0.25) is 5.02 Å². The van der Waals surface area contributed by atoms with Crippen LogP contribution >= 0.6 is 11.6 Å². The van der Waals surface area contributed by atoms with Crippen LogP contribution in [0.3, 0.4) is 0 Å². The van der Waals surface area contributed by atoms with Gasteiger partial charge in [0.2, 0.25) is 5.91 Å². The van der Waals surface area contributed by atoms with E-state index >= 15 is 0 Å². The van der Waals surface area contributed by atoms with Gasteiger partial charge in [0.25, 0.3) is 5.56 Å². The average molecular weight is 460 g/mol. The molecular formula is C27H26ClN3O2. The number of nitrogens with one attached hydrogen (secondary N) is 1. The minimum Gasteiger partial charge on any atom is -0.326 e. The maximum Gasteiger partial charge on any atom is 0.261 e. The highest BCUT2D eigenvalue weighted by atomic mass is 35.5. The second-order valence-electron chi connectivity index (χ2n) is 8.03. The number of anilines is 1. The Labute approximate surface area is 198 Å². The van der Waals surface area contributed by atoms with Gasteiger partial charge in [-0.2, -0.15) is 0 Å². The lowest BCUT2D eigenvalue weighted by Gasteiger charge is -2.15. The first kappa shape index (κ1) is 22.7. The minimum absolute atomic E-state index is 0.0924. The molecule has 4 aromatic rings. The highest BCUT2D eigenvalue weighted by molar-refractivity contribution is 6.31. The summed E-state index contributed by atoms with van der Waals surface area (Å²) in [4.78, 5) is 30.7. The number of halogens is 1. The summed E-state index contributed by atoms with van der Waals surface area (Å²) in [5.74, 6) is 0.639. The third kappa shape index (κ3) is 5.49. The van der Waals surface area contributed by atoms with E-state index < -0.39 is 0 Å². The lowest BCUT2D eigenvalue weighted by molar-refractivity contribution is -0.116. The van der Waals surface area contributed by atoms with Gasteiger partial charge in [0.1, 0.15) is 5.82 Å². The Morgan fingerprint density at radius 3 is 2.52 bits per heavy atom. The van der Waals surface area contributed by atoms with E-state index in [1.807, 2.05) is 54.6 Å². The first-order chi connectivity index (χ1) is 16.0. The molecule has 3 aromatic carbocycles. The molecule has 168 valence electrons. The molecule has 0 aliphatic rings. The standard InChI is InChI=1S/C27H26ClN3O2/c1-2-8-25-30-24-15-14-21(29-26(32)16-13-19-9-4-3-5-10-19)17-22(24)27(33)31(25)18-20-11-6-7-12-23(20)28/h3-7,9-12,14-15,17H,2,8,13,16,18H2,1H3,(H,29,32). The van der Waals surface area contributed by atoms with Gasteiger partial charge >= 0.3 is 0 Å². The third-order valence-corrected chi connectivity index (χ3v) is 5.93. The van der Waals surface area contributed by atoms with E-state index in [4.69, 9.17) is 16.6 Å². The van der Waals surface area contributed by atoms with Crippen molar-refractivity contribution in [2.75, 3.05) is 5.32 Å². The van der Waals surface area contributed by atoms with Crippen molar-refractivity contribution in [2.45, 2.75) is 39.2 Å². The van der Waals surface area contributed by atoms with Gasteiger partial charge in [-0.05, 0) is 48.2 Å². The van der Waals surface area contributed by atoms with Crippen LogP contribution in [0.5, 0.6) is 0 Å². The Hall–Kier alpha value is -3.44. The Kier molecular flexibility index (Phi) is 7.20. The van der Waals surface area contributed by atoms with Crippen molar-refractivity contribution < 1.29 is 4.79 Å². The van der Waals surface area contributed by atoms with Gasteiger partial charge in [-0.15, -0.1) is 0 Å². The van der Waals surface area contributed by atoms with E-state index in [0.717, 1.165) is 23.4 Å². The number of nitrogens with zero attached hydrogens (tertiary/aromatic N) is 2. The number of carbonyl (C=O) groups is 1. The molecular weight excluding hydrogens is 434 g/mol. The molecule has 4 rings (SSSR count). The summed E-state index contributed by atoms with van der Waals surface area (Å²) in [6.07, 6.45) is 2.59. The van der Waals surface area contributed by atoms with Crippen LogP contribution in [0.15, 0.2) is 77.6 Å². The zero-order valence-electron chi connectivity index (χ0n) is 18.6. The number of carbonyl (C=O) groups excluding carboxylic acids is 1. The molecule has 0 spiro atoms. The van der Waals surface area contributed by atoms with Gasteiger partial charge in [0.15, 0.2) is 0 Å². The predicted molar refractivity (Wildman–Crippen MR) is 134 cm³/mol. The minimum atomic E-state index is -0.135. The van der Waals surface area contributed by atoms with Crippen LogP contribution in [0.25, 0.3) is 10.9 Å². The normalized spacial score (nSPS) is 11.0. The van der Waals surface area contributed by atoms with Crippen molar-refractivity contribution in [3.8, 4) is 0 Å². The molecule has 33 heavy (non-hydrogen) atoms. The van der Waals surface area contributed by atoms with Gasteiger partial charge in [-0.25, -0.2) is 4.98 Å². The van der Waals surface area contributed by atoms with Crippen molar-refractivity contribution in [1.29, 1.82) is 0 Å². The Morgan fingerprint density at radius 1 is 1.00 bits per heavy atom. The monoisotopic (exact) mass is 459 g/mol. The number of hydrogen-bond acceptors (Lipinski definition) is 3. The number of hydrogen-bond donors (Lipinski definition) is 1. The molecule has 0 saturated carbocycles. The van der Waals surface area contributed by atoms with E-state index in [-0.39, 0.29) is 11.5 Å². The molecule has 0 saturated heterocycles. The van der Waals surface area contributed by atoms with Crippen LogP contribution in [0.1, 0.15) is 36.7 Å². The van der Waals surface area contributed by atoms with E-state index in [1.54, 1.807) is 22.8 Å². The number of aromatic nitrogens is 2. The smallest absolute Gasteiger partial charge is 0.261 e. The summed E-state index contributed by atoms with van der Waals surface area (Å²) in [5, 5.41) is 4.01. The highest BCUT2D eigenvalue weighted by Gasteiger charge is 2.14. The highest BCUT2D eigenvalue weighted by Crippen LogP contribution is 2.20. The molecule has 1 amide bonds. The summed E-state index contributed by atoms with van der Waals surface area (Å²) < 4.78 is 1.69. The molecule has 0 aliphatic carbocycles. The number of aryl methyl sites for hydroxylation is 2. The summed E-state index contributed by atoms with van der Waals surface area (Å²) in [7, 11) is 0. The van der Waals surface area contributed by atoms with Crippen LogP contribution in [0.4, 0.5) is 5.69 Å². The van der Waals surface area contributed by atoms with Gasteiger partial charge in [-0.1, -0.05) is 67.1 Å². The third-order valence-electron chi connectivity index (χ3n) is 5.56. The van der Waals surface area contributed by atoms with Crippen molar-refractivity contribution >= 4 is 34.1 Å².